The van der Waals surface area contributed by atoms with Crippen molar-refractivity contribution >= 4 is 29.0 Å². The van der Waals surface area contributed by atoms with Gasteiger partial charge >= 0.3 is 0 Å². The third kappa shape index (κ3) is 4.13. The van der Waals surface area contributed by atoms with Crippen molar-refractivity contribution in [1.82, 2.24) is 15.3 Å². The molecule has 1 amide bonds. The molecule has 21 heavy (non-hydrogen) atoms. The van der Waals surface area contributed by atoms with E-state index in [9.17, 15) is 9.18 Å². The van der Waals surface area contributed by atoms with Gasteiger partial charge in [0.05, 0.1) is 17.4 Å². The van der Waals surface area contributed by atoms with Crippen LogP contribution in [0.1, 0.15) is 23.8 Å². The lowest BCUT2D eigenvalue weighted by molar-refractivity contribution is 0.0948. The molecule has 0 aliphatic rings. The maximum absolute atomic E-state index is 13.0. The minimum Gasteiger partial charge on any atom is -0.351 e. The second-order valence-corrected chi connectivity index (χ2v) is 4.70. The van der Waals surface area contributed by atoms with Gasteiger partial charge in [0.1, 0.15) is 17.3 Å². The van der Waals surface area contributed by atoms with Crippen LogP contribution in [0.4, 0.5) is 15.9 Å². The van der Waals surface area contributed by atoms with Gasteiger partial charge in [0.25, 0.3) is 5.91 Å². The molecule has 0 spiro atoms. The zero-order valence-corrected chi connectivity index (χ0v) is 12.1. The van der Waals surface area contributed by atoms with Gasteiger partial charge < -0.3 is 10.6 Å². The van der Waals surface area contributed by atoms with Crippen LogP contribution in [-0.2, 0) is 0 Å². The minimum atomic E-state index is -0.490. The molecule has 0 saturated carbocycles. The lowest BCUT2D eigenvalue weighted by Gasteiger charge is -2.07. The Morgan fingerprint density at radius 3 is 2.76 bits per heavy atom. The highest BCUT2D eigenvalue weighted by molar-refractivity contribution is 6.31. The van der Waals surface area contributed by atoms with E-state index in [0.29, 0.717) is 18.1 Å². The van der Waals surface area contributed by atoms with Gasteiger partial charge in [0, 0.05) is 12.2 Å². The fraction of sp³-hybridized carbons (Fsp3) is 0.214. The van der Waals surface area contributed by atoms with Crippen molar-refractivity contribution in [1.29, 1.82) is 0 Å². The highest BCUT2D eigenvalue weighted by atomic mass is 35.5. The van der Waals surface area contributed by atoms with Crippen LogP contribution in [0.5, 0.6) is 0 Å². The summed E-state index contributed by atoms with van der Waals surface area (Å²) in [5.74, 6) is -0.318. The number of rotatable bonds is 5. The van der Waals surface area contributed by atoms with Crippen LogP contribution in [0, 0.1) is 5.82 Å². The summed E-state index contributed by atoms with van der Waals surface area (Å²) in [6, 6.07) is 4.23. The zero-order valence-electron chi connectivity index (χ0n) is 11.4. The van der Waals surface area contributed by atoms with Crippen molar-refractivity contribution in [2.45, 2.75) is 13.3 Å². The Morgan fingerprint density at radius 1 is 1.33 bits per heavy atom. The molecule has 0 bridgehead atoms. The van der Waals surface area contributed by atoms with Crippen molar-refractivity contribution in [3.05, 3.63) is 47.1 Å². The molecule has 2 rings (SSSR count). The molecule has 0 saturated heterocycles. The van der Waals surface area contributed by atoms with Crippen molar-refractivity contribution in [2.75, 3.05) is 11.9 Å². The number of halogens is 2. The normalized spacial score (nSPS) is 10.2. The first kappa shape index (κ1) is 15.2. The number of carbonyl (C=O) groups is 1. The van der Waals surface area contributed by atoms with E-state index in [1.165, 1.54) is 30.6 Å². The van der Waals surface area contributed by atoms with Crippen LogP contribution in [0.2, 0.25) is 5.02 Å². The molecule has 1 aromatic heterocycles. The van der Waals surface area contributed by atoms with Crippen LogP contribution in [0.3, 0.4) is 0 Å². The van der Waals surface area contributed by atoms with Crippen LogP contribution < -0.4 is 10.6 Å². The molecule has 1 aromatic carbocycles. The van der Waals surface area contributed by atoms with Gasteiger partial charge in [-0.05, 0) is 24.6 Å². The Hall–Kier alpha value is -2.21. The van der Waals surface area contributed by atoms with Gasteiger partial charge in [0.15, 0.2) is 0 Å². The summed E-state index contributed by atoms with van der Waals surface area (Å²) in [4.78, 5) is 19.8. The van der Waals surface area contributed by atoms with E-state index in [2.05, 4.69) is 20.6 Å². The van der Waals surface area contributed by atoms with Crippen LogP contribution >= 0.6 is 11.6 Å². The van der Waals surface area contributed by atoms with E-state index in [4.69, 9.17) is 11.6 Å². The van der Waals surface area contributed by atoms with E-state index in [-0.39, 0.29) is 16.6 Å². The highest BCUT2D eigenvalue weighted by Crippen LogP contribution is 2.21. The van der Waals surface area contributed by atoms with E-state index < -0.39 is 5.82 Å². The lowest BCUT2D eigenvalue weighted by atomic mass is 10.3. The number of aromatic nitrogens is 2. The molecule has 2 aromatic rings. The van der Waals surface area contributed by atoms with E-state index in [0.717, 1.165) is 6.42 Å². The lowest BCUT2D eigenvalue weighted by Crippen LogP contribution is -2.25. The summed E-state index contributed by atoms with van der Waals surface area (Å²) in [6.45, 7) is 2.56. The second kappa shape index (κ2) is 6.99. The molecule has 0 atom stereocenters. The predicted octanol–water partition coefficient (Wildman–Crippen LogP) is 3.15. The largest absolute Gasteiger partial charge is 0.351 e. The van der Waals surface area contributed by atoms with E-state index >= 15 is 0 Å². The molecule has 2 N–H and O–H groups in total. The predicted molar refractivity (Wildman–Crippen MR) is 79.3 cm³/mol. The molecule has 0 fully saturated rings. The summed E-state index contributed by atoms with van der Waals surface area (Å²) in [7, 11) is 0. The summed E-state index contributed by atoms with van der Waals surface area (Å²) >= 11 is 5.69. The quantitative estimate of drug-likeness (QED) is 0.890. The average Bonchev–Trinajstić information content (AvgIpc) is 2.49. The first-order chi connectivity index (χ1) is 10.1. The molecule has 1 heterocycles. The number of anilines is 2. The Balaban J connectivity index is 2.05. The first-order valence-electron chi connectivity index (χ1n) is 6.42. The number of nitrogens with zero attached hydrogens (tertiary/aromatic N) is 2. The molecule has 0 radical (unpaired) electrons. The van der Waals surface area contributed by atoms with Gasteiger partial charge in [-0.2, -0.15) is 0 Å². The Morgan fingerprint density at radius 2 is 2.14 bits per heavy atom. The van der Waals surface area contributed by atoms with Crippen LogP contribution in [0.15, 0.2) is 30.6 Å². The topological polar surface area (TPSA) is 66.9 Å². The van der Waals surface area contributed by atoms with Crippen molar-refractivity contribution in [3.8, 4) is 0 Å². The number of hydrogen-bond donors (Lipinski definition) is 2. The Bertz CT molecular complexity index is 633. The van der Waals surface area contributed by atoms with Gasteiger partial charge in [-0.15, -0.1) is 0 Å². The van der Waals surface area contributed by atoms with Crippen molar-refractivity contribution in [3.63, 3.8) is 0 Å². The summed E-state index contributed by atoms with van der Waals surface area (Å²) in [6.07, 6.45) is 3.65. The standard InChI is InChI=1S/C14H14ClFN4O/c1-2-5-17-14(21)12-7-19-13(8-18-12)20-9-3-4-11(16)10(15)6-9/h3-4,6-8H,2,5H2,1H3,(H,17,21)(H,19,20). The molecule has 7 heteroatoms. The van der Waals surface area contributed by atoms with E-state index in [1.54, 1.807) is 0 Å². The van der Waals surface area contributed by atoms with E-state index in [1.807, 2.05) is 6.92 Å². The first-order valence-corrected chi connectivity index (χ1v) is 6.80. The molecular weight excluding hydrogens is 295 g/mol. The fourth-order valence-corrected chi connectivity index (χ4v) is 1.74. The Kier molecular flexibility index (Phi) is 5.05. The molecule has 5 nitrogen and oxygen atoms in total. The summed E-state index contributed by atoms with van der Waals surface area (Å²) in [5.41, 5.74) is 0.824. The minimum absolute atomic E-state index is 0.0172. The van der Waals surface area contributed by atoms with Gasteiger partial charge in [-0.25, -0.2) is 14.4 Å². The average molecular weight is 309 g/mol. The van der Waals surface area contributed by atoms with Gasteiger partial charge in [0.2, 0.25) is 0 Å². The Labute approximate surface area is 126 Å². The SMILES string of the molecule is CCCNC(=O)c1cnc(Nc2ccc(F)c(Cl)c2)cn1. The molecule has 0 aliphatic carbocycles. The number of carbonyl (C=O) groups excluding carboxylic acids is 1. The number of hydrogen-bond acceptors (Lipinski definition) is 4. The third-order valence-corrected chi connectivity index (χ3v) is 2.90. The molecule has 0 aliphatic heterocycles. The third-order valence-electron chi connectivity index (χ3n) is 2.61. The maximum atomic E-state index is 13.0. The maximum Gasteiger partial charge on any atom is 0.271 e. The number of nitrogens with one attached hydrogen (secondary N) is 2. The fourth-order valence-electron chi connectivity index (χ4n) is 1.56. The van der Waals surface area contributed by atoms with Crippen LogP contribution in [0.25, 0.3) is 0 Å². The molecular formula is C14H14ClFN4O. The van der Waals surface area contributed by atoms with Gasteiger partial charge in [-0.1, -0.05) is 18.5 Å². The van der Waals surface area contributed by atoms with Crippen molar-refractivity contribution < 1.29 is 9.18 Å². The van der Waals surface area contributed by atoms with Crippen LogP contribution in [-0.4, -0.2) is 22.4 Å². The second-order valence-electron chi connectivity index (χ2n) is 4.30. The monoisotopic (exact) mass is 308 g/mol. The number of benzene rings is 1. The van der Waals surface area contributed by atoms with Crippen molar-refractivity contribution in [2.24, 2.45) is 0 Å². The highest BCUT2D eigenvalue weighted by Gasteiger charge is 2.07. The zero-order chi connectivity index (χ0) is 15.2. The molecule has 110 valence electrons. The summed E-state index contributed by atoms with van der Waals surface area (Å²) in [5, 5.41) is 5.65. The van der Waals surface area contributed by atoms with Gasteiger partial charge in [-0.3, -0.25) is 4.79 Å². The number of amides is 1. The molecule has 0 unspecified atom stereocenters. The summed E-state index contributed by atoms with van der Waals surface area (Å²) < 4.78 is 13.0. The smallest absolute Gasteiger partial charge is 0.271 e.